The fourth-order valence-electron chi connectivity index (χ4n) is 2.89. The van der Waals surface area contributed by atoms with Crippen LogP contribution in [-0.4, -0.2) is 42.9 Å². The molecule has 130 valence electrons. The monoisotopic (exact) mass is 332 g/mol. The highest BCUT2D eigenvalue weighted by molar-refractivity contribution is 5.66. The van der Waals surface area contributed by atoms with Gasteiger partial charge in [0.25, 0.3) is 0 Å². The second-order valence-corrected chi connectivity index (χ2v) is 6.11. The van der Waals surface area contributed by atoms with Crippen molar-refractivity contribution in [3.8, 4) is 0 Å². The first-order chi connectivity index (χ1) is 11.5. The Labute approximate surface area is 142 Å². The lowest BCUT2D eigenvalue weighted by Crippen LogP contribution is -2.44. The van der Waals surface area contributed by atoms with Crippen LogP contribution in [-0.2, 0) is 14.3 Å². The van der Waals surface area contributed by atoms with Crippen LogP contribution < -0.4 is 0 Å². The van der Waals surface area contributed by atoms with E-state index in [1.54, 1.807) is 0 Å². The average Bonchev–Trinajstić information content (AvgIpc) is 2.57. The molecule has 1 saturated heterocycles. The van der Waals surface area contributed by atoms with Gasteiger partial charge in [-0.05, 0) is 37.9 Å². The summed E-state index contributed by atoms with van der Waals surface area (Å²) in [4.78, 5) is 16.3. The molecule has 1 aromatic carbocycles. The molecule has 7 nitrogen and oxygen atoms in total. The van der Waals surface area contributed by atoms with Gasteiger partial charge in [0.15, 0.2) is 0 Å². The number of carbonyl (C=O) groups excluding carboxylic acids is 1. The number of carbonyl (C=O) groups is 1. The Morgan fingerprint density at radius 3 is 2.79 bits per heavy atom. The van der Waals surface area contributed by atoms with E-state index in [2.05, 4.69) is 34.0 Å². The minimum atomic E-state index is -0.808. The van der Waals surface area contributed by atoms with Crippen LogP contribution in [0.4, 0.5) is 0 Å². The SMILES string of the molecule is CC(=O)O[C@H]1O[C@@H](CN(C)[C@@H](C)c2ccccc2)CC[C@H]1N=[N+]=[N-]. The van der Waals surface area contributed by atoms with Gasteiger partial charge in [0.1, 0.15) is 6.04 Å². The van der Waals surface area contributed by atoms with Gasteiger partial charge in [-0.25, -0.2) is 0 Å². The summed E-state index contributed by atoms with van der Waals surface area (Å²) >= 11 is 0. The second kappa shape index (κ2) is 8.68. The molecule has 0 unspecified atom stereocenters. The van der Waals surface area contributed by atoms with Crippen molar-refractivity contribution in [1.29, 1.82) is 0 Å². The maximum atomic E-state index is 11.2. The summed E-state index contributed by atoms with van der Waals surface area (Å²) in [6, 6.07) is 10.0. The highest BCUT2D eigenvalue weighted by Gasteiger charge is 2.33. The van der Waals surface area contributed by atoms with Crippen molar-refractivity contribution in [2.45, 2.75) is 51.2 Å². The molecule has 0 bridgehead atoms. The molecule has 1 heterocycles. The zero-order chi connectivity index (χ0) is 17.5. The molecule has 0 radical (unpaired) electrons. The molecular weight excluding hydrogens is 308 g/mol. The Bertz CT molecular complexity index is 589. The maximum Gasteiger partial charge on any atom is 0.304 e. The van der Waals surface area contributed by atoms with Gasteiger partial charge in [0.05, 0.1) is 6.10 Å². The lowest BCUT2D eigenvalue weighted by molar-refractivity contribution is -0.208. The molecule has 4 atom stereocenters. The van der Waals surface area contributed by atoms with Gasteiger partial charge >= 0.3 is 5.97 Å². The zero-order valence-electron chi connectivity index (χ0n) is 14.3. The number of nitrogens with zero attached hydrogens (tertiary/aromatic N) is 4. The summed E-state index contributed by atoms with van der Waals surface area (Å²) in [7, 11) is 2.04. The van der Waals surface area contributed by atoms with Crippen molar-refractivity contribution in [3.63, 3.8) is 0 Å². The Balaban J connectivity index is 1.97. The van der Waals surface area contributed by atoms with Crippen LogP contribution in [0.2, 0.25) is 0 Å². The number of likely N-dealkylation sites (N-methyl/N-ethyl adjacent to an activating group) is 1. The van der Waals surface area contributed by atoms with E-state index >= 15 is 0 Å². The summed E-state index contributed by atoms with van der Waals surface area (Å²) in [5, 5.41) is 3.68. The van der Waals surface area contributed by atoms with Crippen molar-refractivity contribution in [3.05, 3.63) is 46.3 Å². The Morgan fingerprint density at radius 2 is 2.17 bits per heavy atom. The molecule has 7 heteroatoms. The third-order valence-corrected chi connectivity index (χ3v) is 4.34. The molecule has 0 spiro atoms. The van der Waals surface area contributed by atoms with Gasteiger partial charge in [-0.1, -0.05) is 35.4 Å². The summed E-state index contributed by atoms with van der Waals surface area (Å²) in [5.41, 5.74) is 9.87. The molecule has 0 N–H and O–H groups in total. The van der Waals surface area contributed by atoms with Crippen LogP contribution in [0.15, 0.2) is 35.4 Å². The van der Waals surface area contributed by atoms with Crippen molar-refractivity contribution in [2.24, 2.45) is 5.11 Å². The molecule has 0 amide bonds. The number of azide groups is 1. The molecule has 1 aliphatic rings. The van der Waals surface area contributed by atoms with E-state index in [1.165, 1.54) is 12.5 Å². The molecule has 0 aliphatic carbocycles. The number of rotatable bonds is 6. The van der Waals surface area contributed by atoms with E-state index in [0.717, 1.165) is 6.42 Å². The lowest BCUT2D eigenvalue weighted by atomic mass is 10.0. The topological polar surface area (TPSA) is 87.5 Å². The highest BCUT2D eigenvalue weighted by Crippen LogP contribution is 2.26. The van der Waals surface area contributed by atoms with Crippen LogP contribution in [0, 0.1) is 0 Å². The zero-order valence-corrected chi connectivity index (χ0v) is 14.3. The summed E-state index contributed by atoms with van der Waals surface area (Å²) in [6.07, 6.45) is 0.515. The summed E-state index contributed by atoms with van der Waals surface area (Å²) in [5.74, 6) is -0.440. The van der Waals surface area contributed by atoms with E-state index in [4.69, 9.17) is 15.0 Å². The van der Waals surface area contributed by atoms with Crippen molar-refractivity contribution < 1.29 is 14.3 Å². The minimum absolute atomic E-state index is 0.0735. The third-order valence-electron chi connectivity index (χ3n) is 4.34. The number of ether oxygens (including phenoxy) is 2. The summed E-state index contributed by atoms with van der Waals surface area (Å²) < 4.78 is 11.0. The first-order valence-corrected chi connectivity index (χ1v) is 8.13. The smallest absolute Gasteiger partial charge is 0.304 e. The van der Waals surface area contributed by atoms with E-state index in [0.29, 0.717) is 13.0 Å². The standard InChI is InChI=1S/C17H24N4O3/c1-12(14-7-5-4-6-8-14)21(3)11-15-9-10-16(19-20-18)17(24-15)23-13(2)22/h4-8,12,15-17H,9-11H2,1-3H3/t12-,15+,16+,17-/m0/s1. The third kappa shape index (κ3) is 4.96. The Morgan fingerprint density at radius 1 is 1.46 bits per heavy atom. The van der Waals surface area contributed by atoms with E-state index in [9.17, 15) is 4.79 Å². The lowest BCUT2D eigenvalue weighted by Gasteiger charge is -2.36. The van der Waals surface area contributed by atoms with E-state index in [1.807, 2.05) is 25.2 Å². The number of benzene rings is 1. The first kappa shape index (κ1) is 18.3. The maximum absolute atomic E-state index is 11.2. The fourth-order valence-corrected chi connectivity index (χ4v) is 2.89. The fraction of sp³-hybridized carbons (Fsp3) is 0.588. The molecule has 2 rings (SSSR count). The van der Waals surface area contributed by atoms with E-state index in [-0.39, 0.29) is 12.1 Å². The first-order valence-electron chi connectivity index (χ1n) is 8.13. The van der Waals surface area contributed by atoms with Crippen LogP contribution in [0.5, 0.6) is 0 Å². The van der Waals surface area contributed by atoms with Gasteiger partial charge in [0, 0.05) is 24.4 Å². The normalized spacial score (nSPS) is 24.9. The predicted octanol–water partition coefficient (Wildman–Crippen LogP) is 3.43. The van der Waals surface area contributed by atoms with Crippen LogP contribution in [0.25, 0.3) is 10.4 Å². The number of esters is 1. The van der Waals surface area contributed by atoms with Crippen molar-refractivity contribution >= 4 is 5.97 Å². The Hall–Kier alpha value is -2.08. The molecule has 24 heavy (non-hydrogen) atoms. The predicted molar refractivity (Wildman–Crippen MR) is 90.1 cm³/mol. The minimum Gasteiger partial charge on any atom is -0.435 e. The Kier molecular flexibility index (Phi) is 6.61. The molecule has 1 aromatic rings. The van der Waals surface area contributed by atoms with Crippen molar-refractivity contribution in [1.82, 2.24) is 4.90 Å². The van der Waals surface area contributed by atoms with Gasteiger partial charge in [-0.2, -0.15) is 0 Å². The quantitative estimate of drug-likeness (QED) is 0.345. The van der Waals surface area contributed by atoms with Crippen LogP contribution in [0.1, 0.15) is 38.3 Å². The van der Waals surface area contributed by atoms with Crippen molar-refractivity contribution in [2.75, 3.05) is 13.6 Å². The van der Waals surface area contributed by atoms with E-state index < -0.39 is 18.3 Å². The van der Waals surface area contributed by atoms with Gasteiger partial charge < -0.3 is 9.47 Å². The summed E-state index contributed by atoms with van der Waals surface area (Å²) in [6.45, 7) is 4.17. The second-order valence-electron chi connectivity index (χ2n) is 6.11. The molecular formula is C17H24N4O3. The average molecular weight is 332 g/mol. The highest BCUT2D eigenvalue weighted by atomic mass is 16.7. The number of hydrogen-bond acceptors (Lipinski definition) is 5. The largest absolute Gasteiger partial charge is 0.435 e. The molecule has 0 aromatic heterocycles. The van der Waals surface area contributed by atoms with Gasteiger partial charge in [-0.3, -0.25) is 9.69 Å². The van der Waals surface area contributed by atoms with Crippen LogP contribution in [0.3, 0.4) is 0 Å². The van der Waals surface area contributed by atoms with Crippen LogP contribution >= 0.6 is 0 Å². The molecule has 0 saturated carbocycles. The number of hydrogen-bond donors (Lipinski definition) is 0. The molecule has 1 fully saturated rings. The van der Waals surface area contributed by atoms with Gasteiger partial charge in [-0.15, -0.1) is 0 Å². The molecule has 1 aliphatic heterocycles. The van der Waals surface area contributed by atoms with Gasteiger partial charge in [0.2, 0.25) is 6.29 Å².